The monoisotopic (exact) mass is 393 g/mol. The van der Waals surface area contributed by atoms with Crippen molar-refractivity contribution in [3.05, 3.63) is 65.9 Å². The smallest absolute Gasteiger partial charge is 0.261 e. The number of fused-ring (bicyclic) bond motifs is 1. The summed E-state index contributed by atoms with van der Waals surface area (Å²) >= 11 is 1.30. The first kappa shape index (κ1) is 18.0. The van der Waals surface area contributed by atoms with Crippen LogP contribution in [0, 0.1) is 0 Å². The van der Waals surface area contributed by atoms with Crippen molar-refractivity contribution in [1.29, 1.82) is 0 Å². The van der Waals surface area contributed by atoms with Crippen molar-refractivity contribution in [2.24, 2.45) is 0 Å². The standard InChI is InChI=1S/C20H19N5O2S/c1-27-17-9-5-3-7-15(17)18(26)23-20-25-24-19(28-20)21-11-10-13-12-22-16-8-4-2-6-14(13)16/h2-9,12,22H,10-11H2,1H3,(H,21,24)(H,23,25,26). The lowest BCUT2D eigenvalue weighted by atomic mass is 10.1. The maximum Gasteiger partial charge on any atom is 0.261 e. The Hall–Kier alpha value is -3.39. The van der Waals surface area contributed by atoms with Gasteiger partial charge in [-0.1, -0.05) is 41.7 Å². The van der Waals surface area contributed by atoms with E-state index in [-0.39, 0.29) is 5.91 Å². The summed E-state index contributed by atoms with van der Waals surface area (Å²) in [7, 11) is 1.53. The zero-order chi connectivity index (χ0) is 19.3. The quantitative estimate of drug-likeness (QED) is 0.442. The van der Waals surface area contributed by atoms with E-state index in [1.165, 1.54) is 29.4 Å². The molecule has 1 amide bonds. The van der Waals surface area contributed by atoms with Gasteiger partial charge in [0.05, 0.1) is 12.7 Å². The zero-order valence-corrected chi connectivity index (χ0v) is 16.0. The van der Waals surface area contributed by atoms with E-state index in [0.29, 0.717) is 21.6 Å². The Morgan fingerprint density at radius 3 is 2.79 bits per heavy atom. The van der Waals surface area contributed by atoms with Crippen LogP contribution in [0.1, 0.15) is 15.9 Å². The zero-order valence-electron chi connectivity index (χ0n) is 15.2. The van der Waals surface area contributed by atoms with Crippen molar-refractivity contribution in [2.75, 3.05) is 24.3 Å². The summed E-state index contributed by atoms with van der Waals surface area (Å²) < 4.78 is 5.22. The number of ether oxygens (including phenoxy) is 1. The van der Waals surface area contributed by atoms with Crippen molar-refractivity contribution in [3.8, 4) is 5.75 Å². The number of nitrogens with one attached hydrogen (secondary N) is 3. The highest BCUT2D eigenvalue weighted by molar-refractivity contribution is 7.19. The number of hydrogen-bond acceptors (Lipinski definition) is 6. The fourth-order valence-electron chi connectivity index (χ4n) is 2.98. The molecular weight excluding hydrogens is 374 g/mol. The molecule has 4 rings (SSSR count). The predicted octanol–water partition coefficient (Wildman–Crippen LogP) is 3.93. The first-order valence-corrected chi connectivity index (χ1v) is 9.63. The summed E-state index contributed by atoms with van der Waals surface area (Å²) in [6.45, 7) is 0.719. The van der Waals surface area contributed by atoms with E-state index in [2.05, 4.69) is 37.9 Å². The molecule has 0 aliphatic carbocycles. The minimum Gasteiger partial charge on any atom is -0.496 e. The molecule has 3 N–H and O–H groups in total. The highest BCUT2D eigenvalue weighted by Crippen LogP contribution is 2.24. The Labute approximate surface area is 165 Å². The Bertz CT molecular complexity index is 1100. The molecule has 28 heavy (non-hydrogen) atoms. The fourth-order valence-corrected chi connectivity index (χ4v) is 3.65. The number of aromatic amines is 1. The second kappa shape index (κ2) is 8.10. The van der Waals surface area contributed by atoms with Crippen LogP contribution in [-0.4, -0.2) is 34.7 Å². The molecule has 0 saturated carbocycles. The number of hydrogen-bond donors (Lipinski definition) is 3. The third kappa shape index (κ3) is 3.81. The van der Waals surface area contributed by atoms with Crippen LogP contribution in [0.5, 0.6) is 5.75 Å². The normalized spacial score (nSPS) is 10.8. The molecule has 0 aliphatic rings. The molecule has 0 fully saturated rings. The van der Waals surface area contributed by atoms with Crippen LogP contribution in [0.3, 0.4) is 0 Å². The minimum absolute atomic E-state index is 0.279. The molecule has 2 heterocycles. The average Bonchev–Trinajstić information content (AvgIpc) is 3.35. The van der Waals surface area contributed by atoms with Crippen LogP contribution in [0.2, 0.25) is 0 Å². The second-order valence-electron chi connectivity index (χ2n) is 6.10. The Kier molecular flexibility index (Phi) is 5.20. The maximum atomic E-state index is 12.4. The lowest BCUT2D eigenvalue weighted by Gasteiger charge is -2.06. The van der Waals surface area contributed by atoms with Gasteiger partial charge in [0.15, 0.2) is 0 Å². The third-order valence-electron chi connectivity index (χ3n) is 4.34. The molecule has 0 radical (unpaired) electrons. The summed E-state index contributed by atoms with van der Waals surface area (Å²) in [5.41, 5.74) is 2.83. The van der Waals surface area contributed by atoms with Crippen LogP contribution in [-0.2, 0) is 6.42 Å². The van der Waals surface area contributed by atoms with Crippen LogP contribution in [0.25, 0.3) is 10.9 Å². The number of para-hydroxylation sites is 2. The predicted molar refractivity (Wildman–Crippen MR) is 111 cm³/mol. The first-order valence-electron chi connectivity index (χ1n) is 8.81. The number of carbonyl (C=O) groups excluding carboxylic acids is 1. The van der Waals surface area contributed by atoms with Crippen LogP contribution < -0.4 is 15.4 Å². The molecular formula is C20H19N5O2S. The summed E-state index contributed by atoms with van der Waals surface area (Å²) in [5, 5.41) is 16.5. The van der Waals surface area contributed by atoms with E-state index in [1.807, 2.05) is 24.4 Å². The van der Waals surface area contributed by atoms with Gasteiger partial charge in [0.2, 0.25) is 10.3 Å². The van der Waals surface area contributed by atoms with Gasteiger partial charge in [-0.3, -0.25) is 10.1 Å². The minimum atomic E-state index is -0.279. The van der Waals surface area contributed by atoms with Gasteiger partial charge < -0.3 is 15.0 Å². The maximum absolute atomic E-state index is 12.4. The number of aromatic nitrogens is 3. The molecule has 0 unspecified atom stereocenters. The van der Waals surface area contributed by atoms with Gasteiger partial charge in [-0.05, 0) is 30.2 Å². The number of nitrogens with zero attached hydrogens (tertiary/aromatic N) is 2. The molecule has 0 atom stereocenters. The lowest BCUT2D eigenvalue weighted by Crippen LogP contribution is -2.12. The first-order chi connectivity index (χ1) is 13.7. The topological polar surface area (TPSA) is 91.9 Å². The van der Waals surface area contributed by atoms with Crippen LogP contribution in [0.15, 0.2) is 54.7 Å². The van der Waals surface area contributed by atoms with Gasteiger partial charge in [-0.2, -0.15) is 0 Å². The molecule has 0 spiro atoms. The van der Waals surface area contributed by atoms with Crippen LogP contribution >= 0.6 is 11.3 Å². The van der Waals surface area contributed by atoms with Crippen molar-refractivity contribution in [1.82, 2.24) is 15.2 Å². The number of amides is 1. The fraction of sp³-hybridized carbons (Fsp3) is 0.150. The highest BCUT2D eigenvalue weighted by atomic mass is 32.1. The lowest BCUT2D eigenvalue weighted by molar-refractivity contribution is 0.102. The van der Waals surface area contributed by atoms with E-state index in [1.54, 1.807) is 18.2 Å². The average molecular weight is 393 g/mol. The molecule has 2 aromatic carbocycles. The molecule has 8 heteroatoms. The van der Waals surface area contributed by atoms with E-state index >= 15 is 0 Å². The number of H-pyrrole nitrogens is 1. The van der Waals surface area contributed by atoms with Gasteiger partial charge in [-0.15, -0.1) is 10.2 Å². The van der Waals surface area contributed by atoms with Gasteiger partial charge in [0.25, 0.3) is 5.91 Å². The largest absolute Gasteiger partial charge is 0.496 e. The van der Waals surface area contributed by atoms with Crippen molar-refractivity contribution in [2.45, 2.75) is 6.42 Å². The van der Waals surface area contributed by atoms with E-state index in [9.17, 15) is 4.79 Å². The van der Waals surface area contributed by atoms with E-state index in [0.717, 1.165) is 18.5 Å². The highest BCUT2D eigenvalue weighted by Gasteiger charge is 2.14. The van der Waals surface area contributed by atoms with Gasteiger partial charge in [-0.25, -0.2) is 0 Å². The third-order valence-corrected chi connectivity index (χ3v) is 5.14. The number of methoxy groups -OCH3 is 1. The number of rotatable bonds is 7. The molecule has 2 aromatic heterocycles. The summed E-state index contributed by atoms with van der Waals surface area (Å²) in [5.74, 6) is 0.237. The number of benzene rings is 2. The Morgan fingerprint density at radius 2 is 1.89 bits per heavy atom. The Balaban J connectivity index is 1.35. The molecule has 0 bridgehead atoms. The number of carbonyl (C=O) groups is 1. The Morgan fingerprint density at radius 1 is 1.11 bits per heavy atom. The summed E-state index contributed by atoms with van der Waals surface area (Å²) in [6, 6.07) is 15.3. The summed E-state index contributed by atoms with van der Waals surface area (Å²) in [4.78, 5) is 15.7. The van der Waals surface area contributed by atoms with Crippen LogP contribution in [0.4, 0.5) is 10.3 Å². The molecule has 0 saturated heterocycles. The van der Waals surface area contributed by atoms with Crippen molar-refractivity contribution in [3.63, 3.8) is 0 Å². The summed E-state index contributed by atoms with van der Waals surface area (Å²) in [6.07, 6.45) is 2.89. The molecule has 4 aromatic rings. The number of anilines is 2. The van der Waals surface area contributed by atoms with E-state index < -0.39 is 0 Å². The van der Waals surface area contributed by atoms with Crippen molar-refractivity contribution < 1.29 is 9.53 Å². The van der Waals surface area contributed by atoms with Gasteiger partial charge >= 0.3 is 0 Å². The van der Waals surface area contributed by atoms with Gasteiger partial charge in [0, 0.05) is 23.6 Å². The molecule has 0 aliphatic heterocycles. The van der Waals surface area contributed by atoms with Crippen molar-refractivity contribution >= 4 is 38.4 Å². The van der Waals surface area contributed by atoms with Gasteiger partial charge in [0.1, 0.15) is 5.75 Å². The van der Waals surface area contributed by atoms with E-state index in [4.69, 9.17) is 4.74 Å². The SMILES string of the molecule is COc1ccccc1C(=O)Nc1nnc(NCCc2c[nH]c3ccccc23)s1. The molecule has 142 valence electrons. The second-order valence-corrected chi connectivity index (χ2v) is 7.08. The molecule has 7 nitrogen and oxygen atoms in total.